The molecule has 1 spiro atoms. The Morgan fingerprint density at radius 3 is 2.33 bits per heavy atom. The molecule has 2 bridgehead atoms. The fourth-order valence-corrected chi connectivity index (χ4v) is 4.80. The Morgan fingerprint density at radius 1 is 1.21 bits per heavy atom. The molecule has 1 saturated heterocycles. The second kappa shape index (κ2) is 4.19. The number of furan rings is 1. The Labute approximate surface area is 135 Å². The van der Waals surface area contributed by atoms with Crippen LogP contribution in [-0.2, 0) is 9.59 Å². The maximum absolute atomic E-state index is 12.7. The highest BCUT2D eigenvalue weighted by atomic mass is 16.6. The first-order chi connectivity index (χ1) is 11.5. The third-order valence-corrected chi connectivity index (χ3v) is 5.92. The van der Waals surface area contributed by atoms with Crippen LogP contribution < -0.4 is 0 Å². The highest BCUT2D eigenvalue weighted by Gasteiger charge is 2.73. The van der Waals surface area contributed by atoms with Gasteiger partial charge >= 0.3 is 5.88 Å². The van der Waals surface area contributed by atoms with Gasteiger partial charge < -0.3 is 4.42 Å². The van der Waals surface area contributed by atoms with Crippen molar-refractivity contribution in [3.8, 4) is 0 Å². The molecule has 0 unspecified atom stereocenters. The first-order valence-corrected chi connectivity index (χ1v) is 7.87. The smallest absolute Gasteiger partial charge is 0.400 e. The Kier molecular flexibility index (Phi) is 2.39. The van der Waals surface area contributed by atoms with E-state index in [-0.39, 0.29) is 46.7 Å². The lowest BCUT2D eigenvalue weighted by molar-refractivity contribution is -0.402. The number of amides is 2. The van der Waals surface area contributed by atoms with Gasteiger partial charge in [0.1, 0.15) is 4.92 Å². The molecular formula is C16H13N3O5. The summed E-state index contributed by atoms with van der Waals surface area (Å²) in [5, 5.41) is 15.4. The lowest BCUT2D eigenvalue weighted by atomic mass is 9.85. The van der Waals surface area contributed by atoms with Crippen LogP contribution in [0.1, 0.15) is 18.6 Å². The predicted octanol–water partition coefficient (Wildman–Crippen LogP) is 1.72. The van der Waals surface area contributed by atoms with Gasteiger partial charge in [0, 0.05) is 0 Å². The van der Waals surface area contributed by atoms with Crippen molar-refractivity contribution in [1.29, 1.82) is 0 Å². The van der Waals surface area contributed by atoms with Crippen molar-refractivity contribution in [2.75, 3.05) is 0 Å². The zero-order chi connectivity index (χ0) is 16.6. The van der Waals surface area contributed by atoms with Crippen molar-refractivity contribution >= 4 is 23.9 Å². The monoisotopic (exact) mass is 327 g/mol. The van der Waals surface area contributed by atoms with E-state index in [1.807, 2.05) is 0 Å². The molecule has 0 radical (unpaired) electrons. The first-order valence-electron chi connectivity index (χ1n) is 7.87. The topological polar surface area (TPSA) is 106 Å². The van der Waals surface area contributed by atoms with Gasteiger partial charge in [0.25, 0.3) is 11.8 Å². The molecule has 1 aromatic heterocycles. The van der Waals surface area contributed by atoms with Crippen LogP contribution in [0.2, 0.25) is 0 Å². The van der Waals surface area contributed by atoms with Crippen molar-refractivity contribution in [1.82, 2.24) is 5.01 Å². The van der Waals surface area contributed by atoms with Crippen molar-refractivity contribution in [3.63, 3.8) is 0 Å². The minimum absolute atomic E-state index is 0.124. The molecule has 5 rings (SSSR count). The van der Waals surface area contributed by atoms with E-state index < -0.39 is 10.8 Å². The number of carbonyl (C=O) groups is 2. The van der Waals surface area contributed by atoms with Crippen LogP contribution in [0.5, 0.6) is 0 Å². The molecule has 2 heterocycles. The average Bonchev–Trinajstić information content (AvgIpc) is 2.84. The molecular weight excluding hydrogens is 314 g/mol. The molecule has 1 aliphatic heterocycles. The van der Waals surface area contributed by atoms with Gasteiger partial charge in [0.2, 0.25) is 0 Å². The van der Waals surface area contributed by atoms with Crippen molar-refractivity contribution in [2.45, 2.75) is 12.8 Å². The van der Waals surface area contributed by atoms with Gasteiger partial charge in [-0.1, -0.05) is 12.2 Å². The Balaban J connectivity index is 1.41. The van der Waals surface area contributed by atoms with Gasteiger partial charge in [0.15, 0.2) is 5.76 Å². The molecule has 122 valence electrons. The van der Waals surface area contributed by atoms with Crippen LogP contribution in [0, 0.1) is 39.2 Å². The van der Waals surface area contributed by atoms with Gasteiger partial charge in [-0.3, -0.25) is 19.7 Å². The lowest BCUT2D eigenvalue weighted by Gasteiger charge is -2.18. The summed E-state index contributed by atoms with van der Waals surface area (Å²) in [5.41, 5.74) is 0.151. The molecule has 24 heavy (non-hydrogen) atoms. The first kappa shape index (κ1) is 13.6. The molecule has 3 aliphatic carbocycles. The summed E-state index contributed by atoms with van der Waals surface area (Å²) in [5.74, 6) is -1.15. The molecule has 0 N–H and O–H groups in total. The fraction of sp³-hybridized carbons (Fsp3) is 0.438. The number of rotatable bonds is 3. The van der Waals surface area contributed by atoms with E-state index in [4.69, 9.17) is 4.42 Å². The number of fused-ring (bicyclic) bond motifs is 3. The SMILES string of the molecule is O=C1[C@H]2[C@H](C(=O)N1/N=C\c1ccc([N+](=O)[O-])o1)[C@H]1C=C[C@H]2C12CC2. The number of imide groups is 1. The minimum Gasteiger partial charge on any atom is -0.400 e. The fourth-order valence-electron chi connectivity index (χ4n) is 4.80. The predicted molar refractivity (Wildman–Crippen MR) is 79.6 cm³/mol. The van der Waals surface area contributed by atoms with Gasteiger partial charge in [-0.2, -0.15) is 10.1 Å². The maximum atomic E-state index is 12.7. The van der Waals surface area contributed by atoms with Gasteiger partial charge in [0.05, 0.1) is 24.1 Å². The number of allylic oxidation sites excluding steroid dienone is 2. The second-order valence-electron chi connectivity index (χ2n) is 6.89. The number of nitrogens with zero attached hydrogens (tertiary/aromatic N) is 3. The van der Waals surface area contributed by atoms with E-state index in [1.54, 1.807) is 0 Å². The molecule has 1 aromatic rings. The average molecular weight is 327 g/mol. The summed E-state index contributed by atoms with van der Waals surface area (Å²) in [7, 11) is 0. The molecule has 4 aliphatic rings. The summed E-state index contributed by atoms with van der Waals surface area (Å²) in [6, 6.07) is 2.57. The maximum Gasteiger partial charge on any atom is 0.433 e. The summed E-state index contributed by atoms with van der Waals surface area (Å²) in [6.45, 7) is 0. The van der Waals surface area contributed by atoms with E-state index in [9.17, 15) is 19.7 Å². The molecule has 4 atom stereocenters. The van der Waals surface area contributed by atoms with Crippen LogP contribution in [-0.4, -0.2) is 28.0 Å². The summed E-state index contributed by atoms with van der Waals surface area (Å²) in [6.07, 6.45) is 7.52. The zero-order valence-corrected chi connectivity index (χ0v) is 12.5. The van der Waals surface area contributed by atoms with E-state index in [0.29, 0.717) is 0 Å². The molecule has 3 fully saturated rings. The van der Waals surface area contributed by atoms with Crippen LogP contribution in [0.4, 0.5) is 5.88 Å². The summed E-state index contributed by atoms with van der Waals surface area (Å²) in [4.78, 5) is 35.3. The molecule has 0 aromatic carbocycles. The normalized spacial score (nSPS) is 34.8. The number of hydrogen-bond acceptors (Lipinski definition) is 6. The van der Waals surface area contributed by atoms with Crippen molar-refractivity contribution < 1.29 is 18.9 Å². The molecule has 8 heteroatoms. The third kappa shape index (κ3) is 1.50. The van der Waals surface area contributed by atoms with Gasteiger partial charge in [-0.15, -0.1) is 0 Å². The van der Waals surface area contributed by atoms with Crippen molar-refractivity contribution in [2.24, 2.45) is 34.2 Å². The quantitative estimate of drug-likeness (QED) is 0.276. The lowest BCUT2D eigenvalue weighted by Crippen LogP contribution is -2.30. The third-order valence-electron chi connectivity index (χ3n) is 5.92. The summed E-state index contributed by atoms with van der Waals surface area (Å²) < 4.78 is 4.96. The highest BCUT2D eigenvalue weighted by molar-refractivity contribution is 6.07. The number of hydrogen-bond donors (Lipinski definition) is 0. The molecule has 8 nitrogen and oxygen atoms in total. The zero-order valence-electron chi connectivity index (χ0n) is 12.5. The molecule has 2 saturated carbocycles. The summed E-state index contributed by atoms with van der Waals surface area (Å²) >= 11 is 0. The van der Waals surface area contributed by atoms with E-state index in [1.165, 1.54) is 18.3 Å². The van der Waals surface area contributed by atoms with Crippen molar-refractivity contribution in [3.05, 3.63) is 40.2 Å². The van der Waals surface area contributed by atoms with Gasteiger partial charge in [-0.05, 0) is 36.2 Å². The van der Waals surface area contributed by atoms with E-state index in [0.717, 1.165) is 17.9 Å². The minimum atomic E-state index is -0.660. The van der Waals surface area contributed by atoms with Crippen LogP contribution >= 0.6 is 0 Å². The largest absolute Gasteiger partial charge is 0.433 e. The standard InChI is InChI=1S/C16H13N3O5/c20-14-12-9-2-3-10(16(9)5-6-16)13(12)15(21)18(14)17-7-8-1-4-11(24-8)19(22)23/h1-4,7,9-10,12-13H,5-6H2/b17-7-/t9-,10-,12-,13-/m1/s1. The van der Waals surface area contributed by atoms with E-state index >= 15 is 0 Å². The Hall–Kier alpha value is -2.77. The number of carbonyl (C=O) groups excluding carboxylic acids is 2. The number of nitro groups is 1. The van der Waals surface area contributed by atoms with Crippen LogP contribution in [0.3, 0.4) is 0 Å². The Morgan fingerprint density at radius 2 is 1.83 bits per heavy atom. The van der Waals surface area contributed by atoms with Gasteiger partial charge in [-0.25, -0.2) is 0 Å². The van der Waals surface area contributed by atoms with Crippen LogP contribution in [0.15, 0.2) is 33.8 Å². The van der Waals surface area contributed by atoms with Crippen LogP contribution in [0.25, 0.3) is 0 Å². The Bertz CT molecular complexity index is 816. The second-order valence-corrected chi connectivity index (χ2v) is 6.89. The van der Waals surface area contributed by atoms with E-state index in [2.05, 4.69) is 17.3 Å². The molecule has 2 amide bonds. The number of hydrazone groups is 1. The highest BCUT2D eigenvalue weighted by Crippen LogP contribution is 2.73.